The Labute approximate surface area is 96.8 Å². The van der Waals surface area contributed by atoms with Crippen LogP contribution in [0.15, 0.2) is 0 Å². The van der Waals surface area contributed by atoms with Crippen LogP contribution < -0.4 is 0 Å². The molecule has 3 nitrogen and oxygen atoms in total. The summed E-state index contributed by atoms with van der Waals surface area (Å²) >= 11 is 6.06. The lowest BCUT2D eigenvalue weighted by Gasteiger charge is -2.33. The van der Waals surface area contributed by atoms with Crippen LogP contribution in [-0.4, -0.2) is 36.9 Å². The van der Waals surface area contributed by atoms with Gasteiger partial charge in [0.2, 0.25) is 10.0 Å². The maximum absolute atomic E-state index is 12.0. The zero-order chi connectivity index (χ0) is 11.1. The number of hydrogen-bond donors (Lipinski definition) is 0. The van der Waals surface area contributed by atoms with Crippen LogP contribution in [0.4, 0.5) is 0 Å². The highest BCUT2D eigenvalue weighted by Crippen LogP contribution is 2.32. The monoisotopic (exact) mass is 251 g/mol. The van der Waals surface area contributed by atoms with E-state index in [9.17, 15) is 8.42 Å². The number of piperidine rings is 1. The van der Waals surface area contributed by atoms with Gasteiger partial charge in [-0.2, -0.15) is 0 Å². The molecule has 2 aliphatic rings. The van der Waals surface area contributed by atoms with Crippen LogP contribution in [0.2, 0.25) is 0 Å². The summed E-state index contributed by atoms with van der Waals surface area (Å²) in [7, 11) is -3.04. The van der Waals surface area contributed by atoms with Gasteiger partial charge in [-0.3, -0.25) is 0 Å². The first-order valence-corrected chi connectivity index (χ1v) is 7.64. The van der Waals surface area contributed by atoms with Gasteiger partial charge in [0.15, 0.2) is 0 Å². The molecule has 2 rings (SSSR count). The minimum atomic E-state index is -3.04. The van der Waals surface area contributed by atoms with E-state index in [1.54, 1.807) is 4.31 Å². The number of hydrogen-bond acceptors (Lipinski definition) is 2. The van der Waals surface area contributed by atoms with E-state index in [0.29, 0.717) is 30.7 Å². The predicted octanol–water partition coefficient (Wildman–Crippen LogP) is 1.68. The van der Waals surface area contributed by atoms with Crippen LogP contribution in [-0.2, 0) is 10.0 Å². The fraction of sp³-hybridized carbons (Fsp3) is 1.00. The van der Waals surface area contributed by atoms with Crippen molar-refractivity contribution in [1.82, 2.24) is 4.31 Å². The molecule has 5 heteroatoms. The summed E-state index contributed by atoms with van der Waals surface area (Å²) in [5, 5.41) is -0.0114. The zero-order valence-electron chi connectivity index (χ0n) is 9.02. The Bertz CT molecular complexity index is 316. The number of alkyl halides is 1. The van der Waals surface area contributed by atoms with Gasteiger partial charge in [-0.1, -0.05) is 6.92 Å². The maximum atomic E-state index is 12.0. The van der Waals surface area contributed by atoms with E-state index in [1.165, 1.54) is 0 Å². The van der Waals surface area contributed by atoms with Crippen molar-refractivity contribution in [1.29, 1.82) is 0 Å². The summed E-state index contributed by atoms with van der Waals surface area (Å²) in [5.41, 5.74) is 0. The van der Waals surface area contributed by atoms with Crippen LogP contribution in [0.5, 0.6) is 0 Å². The number of halogens is 1. The van der Waals surface area contributed by atoms with Gasteiger partial charge in [0.05, 0.1) is 5.75 Å². The zero-order valence-corrected chi connectivity index (χ0v) is 10.6. The molecule has 1 heterocycles. The van der Waals surface area contributed by atoms with Crippen molar-refractivity contribution in [2.45, 2.75) is 31.6 Å². The first-order valence-electron chi connectivity index (χ1n) is 5.59. The fourth-order valence-corrected chi connectivity index (χ4v) is 4.72. The standard InChI is InChI=1S/C10H18ClNO2S/c1-8-4-10(11)6-12(5-8)15(13,14)7-9-2-3-9/h8-10H,2-7H2,1H3. The van der Waals surface area contributed by atoms with E-state index in [4.69, 9.17) is 11.6 Å². The number of nitrogens with zero attached hydrogens (tertiary/aromatic N) is 1. The van der Waals surface area contributed by atoms with Gasteiger partial charge < -0.3 is 0 Å². The van der Waals surface area contributed by atoms with Gasteiger partial charge in [-0.05, 0) is 31.1 Å². The first kappa shape index (κ1) is 11.7. The molecular formula is C10H18ClNO2S. The predicted molar refractivity (Wildman–Crippen MR) is 61.5 cm³/mol. The normalized spacial score (nSPS) is 34.3. The molecule has 1 saturated carbocycles. The van der Waals surface area contributed by atoms with Gasteiger partial charge >= 0.3 is 0 Å². The summed E-state index contributed by atoms with van der Waals surface area (Å²) in [4.78, 5) is 0. The average Bonchev–Trinajstić information content (AvgIpc) is 2.85. The van der Waals surface area contributed by atoms with Crippen molar-refractivity contribution in [2.75, 3.05) is 18.8 Å². The highest BCUT2D eigenvalue weighted by atomic mass is 35.5. The van der Waals surface area contributed by atoms with Gasteiger partial charge in [0, 0.05) is 18.5 Å². The third kappa shape index (κ3) is 3.08. The Morgan fingerprint density at radius 3 is 2.53 bits per heavy atom. The van der Waals surface area contributed by atoms with Gasteiger partial charge in [-0.15, -0.1) is 11.6 Å². The Morgan fingerprint density at radius 1 is 1.33 bits per heavy atom. The Balaban J connectivity index is 2.01. The molecule has 88 valence electrons. The van der Waals surface area contributed by atoms with Gasteiger partial charge in [-0.25, -0.2) is 12.7 Å². The second-order valence-electron chi connectivity index (χ2n) is 4.98. The highest BCUT2D eigenvalue weighted by molar-refractivity contribution is 7.89. The second kappa shape index (κ2) is 4.22. The van der Waals surface area contributed by atoms with Crippen molar-refractivity contribution < 1.29 is 8.42 Å². The molecule has 1 aliphatic carbocycles. The molecule has 2 fully saturated rings. The van der Waals surface area contributed by atoms with Crippen molar-refractivity contribution in [3.8, 4) is 0 Å². The quantitative estimate of drug-likeness (QED) is 0.716. The molecule has 2 unspecified atom stereocenters. The molecule has 0 aromatic heterocycles. The molecule has 0 amide bonds. The van der Waals surface area contributed by atoms with E-state index in [1.807, 2.05) is 0 Å². The highest BCUT2D eigenvalue weighted by Gasteiger charge is 2.35. The lowest BCUT2D eigenvalue weighted by Crippen LogP contribution is -2.45. The molecule has 0 bridgehead atoms. The van der Waals surface area contributed by atoms with E-state index in [-0.39, 0.29) is 5.38 Å². The summed E-state index contributed by atoms with van der Waals surface area (Å²) in [5.74, 6) is 1.14. The van der Waals surface area contributed by atoms with Crippen molar-refractivity contribution in [3.05, 3.63) is 0 Å². The van der Waals surface area contributed by atoms with Crippen LogP contribution in [0.3, 0.4) is 0 Å². The molecule has 0 spiro atoms. The molecule has 1 saturated heterocycles. The number of rotatable bonds is 3. The third-order valence-electron chi connectivity index (χ3n) is 3.11. The van der Waals surface area contributed by atoms with Gasteiger partial charge in [0.1, 0.15) is 0 Å². The van der Waals surface area contributed by atoms with E-state index >= 15 is 0 Å². The molecule has 0 N–H and O–H groups in total. The largest absolute Gasteiger partial charge is 0.214 e. The lowest BCUT2D eigenvalue weighted by atomic mass is 10.0. The average molecular weight is 252 g/mol. The van der Waals surface area contributed by atoms with Crippen LogP contribution in [0, 0.1) is 11.8 Å². The third-order valence-corrected chi connectivity index (χ3v) is 5.41. The Morgan fingerprint density at radius 2 is 2.00 bits per heavy atom. The van der Waals surface area contributed by atoms with E-state index < -0.39 is 10.0 Å². The smallest absolute Gasteiger partial charge is 0.212 e. The van der Waals surface area contributed by atoms with Crippen LogP contribution >= 0.6 is 11.6 Å². The minimum Gasteiger partial charge on any atom is -0.212 e. The molecule has 0 aromatic carbocycles. The molecule has 0 radical (unpaired) electrons. The SMILES string of the molecule is CC1CC(Cl)CN(S(=O)(=O)CC2CC2)C1. The molecule has 15 heavy (non-hydrogen) atoms. The first-order chi connectivity index (χ1) is 6.97. The second-order valence-corrected chi connectivity index (χ2v) is 7.61. The van der Waals surface area contributed by atoms with Crippen molar-refractivity contribution in [3.63, 3.8) is 0 Å². The summed E-state index contributed by atoms with van der Waals surface area (Å²) in [6.07, 6.45) is 3.08. The molecule has 2 atom stereocenters. The summed E-state index contributed by atoms with van der Waals surface area (Å²) in [6.45, 7) is 3.22. The van der Waals surface area contributed by atoms with E-state index in [0.717, 1.165) is 19.3 Å². The Hall–Kier alpha value is 0.200. The van der Waals surface area contributed by atoms with E-state index in [2.05, 4.69) is 6.92 Å². The maximum Gasteiger partial charge on any atom is 0.214 e. The molecular weight excluding hydrogens is 234 g/mol. The summed E-state index contributed by atoms with van der Waals surface area (Å²) in [6, 6.07) is 0. The van der Waals surface area contributed by atoms with Crippen molar-refractivity contribution >= 4 is 21.6 Å². The number of sulfonamides is 1. The van der Waals surface area contributed by atoms with Crippen LogP contribution in [0.1, 0.15) is 26.2 Å². The molecule has 1 aliphatic heterocycles. The lowest BCUT2D eigenvalue weighted by molar-refractivity contribution is 0.285. The van der Waals surface area contributed by atoms with Crippen molar-refractivity contribution in [2.24, 2.45) is 11.8 Å². The topological polar surface area (TPSA) is 37.4 Å². The minimum absolute atomic E-state index is 0.0114. The van der Waals surface area contributed by atoms with Crippen LogP contribution in [0.25, 0.3) is 0 Å². The Kier molecular flexibility index (Phi) is 3.29. The summed E-state index contributed by atoms with van der Waals surface area (Å²) < 4.78 is 25.6. The molecule has 0 aromatic rings. The fourth-order valence-electron chi connectivity index (χ4n) is 2.14. The van der Waals surface area contributed by atoms with Gasteiger partial charge in [0.25, 0.3) is 0 Å².